The number of pyridine rings is 2. The van der Waals surface area contributed by atoms with Crippen molar-refractivity contribution in [3.05, 3.63) is 56.6 Å². The van der Waals surface area contributed by atoms with E-state index in [0.29, 0.717) is 59.6 Å². The number of alkyl carbamates (subject to hydrolysis) is 1. The number of ether oxygens (including phenoxy) is 3. The lowest BCUT2D eigenvalue weighted by Gasteiger charge is -2.35. The smallest absolute Gasteiger partial charge is 0.415 e. The average Bonchev–Trinajstić information content (AvgIpc) is 3.37. The van der Waals surface area contributed by atoms with Gasteiger partial charge in [0.2, 0.25) is 5.60 Å². The Kier molecular flexibility index (Phi) is 8.43. The van der Waals surface area contributed by atoms with Crippen LogP contribution in [0.15, 0.2) is 23.0 Å². The number of cyclic esters (lactones) is 1. The lowest BCUT2D eigenvalue weighted by atomic mass is 9.85. The topological polar surface area (TPSA) is 136 Å². The number of halogens is 1. The normalized spacial score (nSPS) is 19.0. The van der Waals surface area contributed by atoms with Gasteiger partial charge in [-0.05, 0) is 53.5 Å². The maximum Gasteiger partial charge on any atom is 0.415 e. The van der Waals surface area contributed by atoms with E-state index in [1.165, 1.54) is 10.6 Å². The highest BCUT2D eigenvalue weighted by atomic mass is 19.1. The van der Waals surface area contributed by atoms with E-state index in [1.807, 2.05) is 32.1 Å². The minimum Gasteiger partial charge on any atom is -0.457 e. The van der Waals surface area contributed by atoms with Gasteiger partial charge in [0, 0.05) is 66.9 Å². The van der Waals surface area contributed by atoms with Crippen LogP contribution < -0.4 is 15.6 Å². The summed E-state index contributed by atoms with van der Waals surface area (Å²) < 4.78 is 34.2. The number of nitrogens with zero attached hydrogens (tertiary/aromatic N) is 5. The number of fused-ring (bicyclic) bond motifs is 5. The van der Waals surface area contributed by atoms with Crippen LogP contribution in [0.25, 0.3) is 22.3 Å². The molecule has 0 radical (unpaired) electrons. The second-order valence-corrected chi connectivity index (χ2v) is 12.9. The van der Waals surface area contributed by atoms with Gasteiger partial charge in [-0.15, -0.1) is 0 Å². The molecule has 1 N–H and O–H groups in total. The Hall–Kier alpha value is -4.56. The number of carbonyl (C=O) groups is 3. The summed E-state index contributed by atoms with van der Waals surface area (Å²) in [7, 11) is 5.63. The fourth-order valence-corrected chi connectivity index (χ4v) is 6.44. The number of rotatable bonds is 6. The van der Waals surface area contributed by atoms with Crippen molar-refractivity contribution >= 4 is 29.1 Å². The molecule has 1 saturated heterocycles. The summed E-state index contributed by atoms with van der Waals surface area (Å²) in [5.74, 6) is -1.66. The van der Waals surface area contributed by atoms with Gasteiger partial charge in [0.25, 0.3) is 5.56 Å². The van der Waals surface area contributed by atoms with Crippen LogP contribution in [-0.2, 0) is 39.6 Å². The zero-order valence-electron chi connectivity index (χ0n) is 27.4. The van der Waals surface area contributed by atoms with Gasteiger partial charge in [0.15, 0.2) is 11.6 Å². The van der Waals surface area contributed by atoms with Crippen LogP contribution in [0, 0.1) is 5.82 Å². The first kappa shape index (κ1) is 32.4. The van der Waals surface area contributed by atoms with Crippen LogP contribution in [-0.4, -0.2) is 95.8 Å². The molecule has 1 fully saturated rings. The second kappa shape index (κ2) is 12.2. The highest BCUT2D eigenvalue weighted by molar-refractivity contribution is 5.91. The van der Waals surface area contributed by atoms with Crippen LogP contribution in [0.1, 0.15) is 49.4 Å². The van der Waals surface area contributed by atoms with Crippen molar-refractivity contribution in [2.45, 2.75) is 58.5 Å². The van der Waals surface area contributed by atoms with Crippen molar-refractivity contribution < 1.29 is 33.0 Å². The SMILES string of the molecule is CC[C@@]1(OC(=O)NC(C)C)C(=O)OCc2c1cc1n(c2=O)Cc2cc3c(CN(C)C)c(OC(=O)N4CCN(C)CC4)c(F)cc3nc2-1. The number of hydrogen-bond acceptors (Lipinski definition) is 10. The van der Waals surface area contributed by atoms with E-state index < -0.39 is 35.1 Å². The molecular weight excluding hydrogens is 611 g/mol. The number of carbonyl (C=O) groups excluding carboxylic acids is 3. The van der Waals surface area contributed by atoms with Crippen LogP contribution in [0.3, 0.4) is 0 Å². The number of piperazine rings is 1. The first-order valence-corrected chi connectivity index (χ1v) is 15.7. The van der Waals surface area contributed by atoms with Gasteiger partial charge in [0.1, 0.15) is 6.61 Å². The summed E-state index contributed by atoms with van der Waals surface area (Å²) in [5, 5.41) is 3.21. The van der Waals surface area contributed by atoms with E-state index >= 15 is 4.39 Å². The molecule has 13 nitrogen and oxygen atoms in total. The van der Waals surface area contributed by atoms with Gasteiger partial charge in [-0.2, -0.15) is 0 Å². The van der Waals surface area contributed by atoms with Crippen LogP contribution >= 0.6 is 0 Å². The molecule has 0 unspecified atom stereocenters. The second-order valence-electron chi connectivity index (χ2n) is 12.9. The predicted molar refractivity (Wildman–Crippen MR) is 170 cm³/mol. The standard InChI is InChI=1S/C33H39FN6O7/c1-7-33(47-31(43)35-18(2)3)23-13-26-27-19(15-40(26)29(41)22(23)17-45-30(33)42)12-20-21(16-37(4)5)28(24(34)14-25(20)36-27)46-32(44)39-10-8-38(6)9-11-39/h12-14,18H,7-11,15-17H2,1-6H3,(H,35,43)/t33-/m0/s1. The third kappa shape index (κ3) is 5.69. The largest absolute Gasteiger partial charge is 0.457 e. The first-order valence-electron chi connectivity index (χ1n) is 15.7. The molecular formula is C33H39FN6O7. The van der Waals surface area contributed by atoms with E-state index in [1.54, 1.807) is 31.7 Å². The first-order chi connectivity index (χ1) is 22.3. The fraction of sp³-hybridized carbons (Fsp3) is 0.485. The summed E-state index contributed by atoms with van der Waals surface area (Å²) >= 11 is 0. The molecule has 2 aromatic heterocycles. The minimum absolute atomic E-state index is 0.0278. The molecule has 14 heteroatoms. The van der Waals surface area contributed by atoms with Gasteiger partial charge >= 0.3 is 18.2 Å². The Morgan fingerprint density at radius 1 is 1.15 bits per heavy atom. The summed E-state index contributed by atoms with van der Waals surface area (Å²) in [6, 6.07) is 4.47. The number of aromatic nitrogens is 2. The average molecular weight is 651 g/mol. The quantitative estimate of drug-likeness (QED) is 0.310. The maximum atomic E-state index is 15.8. The molecule has 3 aromatic rings. The van der Waals surface area contributed by atoms with E-state index in [0.717, 1.165) is 0 Å². The molecule has 3 aliphatic rings. The summed E-state index contributed by atoms with van der Waals surface area (Å²) in [4.78, 5) is 63.3. The van der Waals surface area contributed by atoms with Crippen LogP contribution in [0.5, 0.6) is 5.75 Å². The molecule has 47 heavy (non-hydrogen) atoms. The van der Waals surface area contributed by atoms with Crippen molar-refractivity contribution in [3.8, 4) is 17.1 Å². The van der Waals surface area contributed by atoms with Crippen molar-refractivity contribution in [1.29, 1.82) is 0 Å². The molecule has 0 spiro atoms. The third-order valence-electron chi connectivity index (χ3n) is 8.89. The Morgan fingerprint density at radius 2 is 1.87 bits per heavy atom. The predicted octanol–water partition coefficient (Wildman–Crippen LogP) is 3.17. The molecule has 0 saturated carbocycles. The zero-order valence-corrected chi connectivity index (χ0v) is 27.4. The van der Waals surface area contributed by atoms with Crippen LogP contribution in [0.2, 0.25) is 0 Å². The zero-order chi connectivity index (χ0) is 33.8. The number of esters is 1. The summed E-state index contributed by atoms with van der Waals surface area (Å²) in [6.45, 7) is 7.67. The van der Waals surface area contributed by atoms with Crippen molar-refractivity contribution in [2.24, 2.45) is 0 Å². The highest BCUT2D eigenvalue weighted by Crippen LogP contribution is 2.42. The molecule has 1 atom stereocenters. The van der Waals surface area contributed by atoms with Gasteiger partial charge < -0.3 is 38.8 Å². The minimum atomic E-state index is -1.84. The molecule has 2 amide bonds. The molecule has 6 rings (SSSR count). The monoisotopic (exact) mass is 650 g/mol. The molecule has 250 valence electrons. The Balaban J connectivity index is 1.45. The number of hydrogen-bond donors (Lipinski definition) is 1. The van der Waals surface area contributed by atoms with Gasteiger partial charge in [-0.3, -0.25) is 4.79 Å². The molecule has 0 bridgehead atoms. The molecule has 5 heterocycles. The maximum absolute atomic E-state index is 15.8. The number of benzene rings is 1. The Labute approximate surface area is 271 Å². The van der Waals surface area contributed by atoms with Crippen LogP contribution in [0.4, 0.5) is 14.0 Å². The van der Waals surface area contributed by atoms with Gasteiger partial charge in [-0.1, -0.05) is 6.92 Å². The van der Waals surface area contributed by atoms with E-state index in [9.17, 15) is 19.2 Å². The fourth-order valence-electron chi connectivity index (χ4n) is 6.44. The van der Waals surface area contributed by atoms with Crippen molar-refractivity contribution in [2.75, 3.05) is 47.3 Å². The molecule has 0 aliphatic carbocycles. The van der Waals surface area contributed by atoms with Crippen molar-refractivity contribution in [1.82, 2.24) is 29.6 Å². The highest BCUT2D eigenvalue weighted by Gasteiger charge is 2.50. The van der Waals surface area contributed by atoms with Crippen molar-refractivity contribution in [3.63, 3.8) is 0 Å². The number of amides is 2. The number of nitrogens with one attached hydrogen (secondary N) is 1. The lowest BCUT2D eigenvalue weighted by molar-refractivity contribution is -0.172. The third-order valence-corrected chi connectivity index (χ3v) is 8.89. The summed E-state index contributed by atoms with van der Waals surface area (Å²) in [5.41, 5.74) is 0.510. The van der Waals surface area contributed by atoms with Gasteiger partial charge in [0.05, 0.1) is 29.0 Å². The lowest BCUT2D eigenvalue weighted by Crippen LogP contribution is -2.49. The molecule has 3 aliphatic heterocycles. The van der Waals surface area contributed by atoms with E-state index in [-0.39, 0.29) is 49.0 Å². The Bertz CT molecular complexity index is 1850. The van der Waals surface area contributed by atoms with E-state index in [4.69, 9.17) is 19.2 Å². The Morgan fingerprint density at radius 3 is 2.53 bits per heavy atom. The van der Waals surface area contributed by atoms with E-state index in [2.05, 4.69) is 10.2 Å². The molecule has 1 aromatic carbocycles. The number of likely N-dealkylation sites (N-methyl/N-ethyl adjacent to an activating group) is 1. The van der Waals surface area contributed by atoms with Gasteiger partial charge in [-0.25, -0.2) is 23.8 Å². The summed E-state index contributed by atoms with van der Waals surface area (Å²) in [6.07, 6.45) is -1.40.